The minimum absolute atomic E-state index is 0.134. The number of aromatic nitrogens is 3. The zero-order valence-corrected chi connectivity index (χ0v) is 17.5. The highest BCUT2D eigenvalue weighted by molar-refractivity contribution is 6.09. The third kappa shape index (κ3) is 3.73. The van der Waals surface area contributed by atoms with Crippen molar-refractivity contribution in [3.63, 3.8) is 0 Å². The van der Waals surface area contributed by atoms with E-state index in [1.807, 2.05) is 30.3 Å². The molecule has 160 valence electrons. The van der Waals surface area contributed by atoms with Crippen molar-refractivity contribution in [1.29, 1.82) is 0 Å². The van der Waals surface area contributed by atoms with Crippen molar-refractivity contribution in [2.75, 3.05) is 5.32 Å². The molecule has 0 saturated carbocycles. The highest BCUT2D eigenvalue weighted by Gasteiger charge is 2.13. The number of hydrogen-bond acceptors (Lipinski definition) is 4. The molecule has 0 radical (unpaired) electrons. The summed E-state index contributed by atoms with van der Waals surface area (Å²) >= 11 is 0. The minimum atomic E-state index is -0.327. The lowest BCUT2D eigenvalue weighted by atomic mass is 10.1. The summed E-state index contributed by atoms with van der Waals surface area (Å²) < 4.78 is 20.6. The van der Waals surface area contributed by atoms with Gasteiger partial charge in [0, 0.05) is 52.4 Å². The summed E-state index contributed by atoms with van der Waals surface area (Å²) in [5.41, 5.74) is 3.73. The quantitative estimate of drug-likeness (QED) is 0.383. The fraction of sp³-hybridized carbons (Fsp3) is 0.160. The Hall–Kier alpha value is -4.00. The fourth-order valence-electron chi connectivity index (χ4n) is 3.99. The van der Waals surface area contributed by atoms with Crippen LogP contribution in [0.1, 0.15) is 19.2 Å². The fourth-order valence-corrected chi connectivity index (χ4v) is 3.99. The molecule has 32 heavy (non-hydrogen) atoms. The molecule has 0 aliphatic rings. The van der Waals surface area contributed by atoms with Gasteiger partial charge in [0.15, 0.2) is 0 Å². The number of fused-ring (bicyclic) bond motifs is 3. The summed E-state index contributed by atoms with van der Waals surface area (Å²) in [6, 6.07) is 20.1. The molecule has 7 heteroatoms. The summed E-state index contributed by atoms with van der Waals surface area (Å²) in [5.74, 6) is 0.274. The lowest BCUT2D eigenvalue weighted by Gasteiger charge is -2.06. The molecule has 0 aliphatic heterocycles. The highest BCUT2D eigenvalue weighted by Crippen LogP contribution is 2.31. The van der Waals surface area contributed by atoms with E-state index in [0.29, 0.717) is 23.7 Å². The van der Waals surface area contributed by atoms with Gasteiger partial charge < -0.3 is 14.4 Å². The topological polar surface area (TPSA) is 73.0 Å². The number of nitrogens with zero attached hydrogens (tertiary/aromatic N) is 3. The molecule has 0 bridgehead atoms. The summed E-state index contributed by atoms with van der Waals surface area (Å²) in [5, 5.41) is 9.15. The number of nitrogens with one attached hydrogen (secondary N) is 1. The average Bonchev–Trinajstić information content (AvgIpc) is 3.41. The van der Waals surface area contributed by atoms with E-state index in [9.17, 15) is 9.18 Å². The number of aryl methyl sites for hydroxylation is 2. The Morgan fingerprint density at radius 1 is 1.03 bits per heavy atom. The van der Waals surface area contributed by atoms with Crippen molar-refractivity contribution in [1.82, 2.24) is 14.7 Å². The van der Waals surface area contributed by atoms with Crippen LogP contribution < -0.4 is 5.32 Å². The van der Waals surface area contributed by atoms with E-state index in [4.69, 9.17) is 4.52 Å². The zero-order chi connectivity index (χ0) is 22.1. The Morgan fingerprint density at radius 3 is 2.62 bits per heavy atom. The monoisotopic (exact) mass is 428 g/mol. The van der Waals surface area contributed by atoms with Crippen molar-refractivity contribution < 1.29 is 13.7 Å². The minimum Gasteiger partial charge on any atom is -0.341 e. The van der Waals surface area contributed by atoms with Gasteiger partial charge in [-0.25, -0.2) is 4.39 Å². The van der Waals surface area contributed by atoms with Crippen molar-refractivity contribution in [3.05, 3.63) is 78.4 Å². The SMILES string of the molecule is CCn1c2ccccc2c2cc(NC(=O)CCc3nc(-c4ccc(F)cc4)no3)ccc21. The van der Waals surface area contributed by atoms with Gasteiger partial charge in [-0.05, 0) is 55.5 Å². The van der Waals surface area contributed by atoms with Crippen molar-refractivity contribution >= 4 is 33.4 Å². The predicted octanol–water partition coefficient (Wildman–Crippen LogP) is 5.57. The maximum absolute atomic E-state index is 13.1. The molecule has 3 aromatic carbocycles. The van der Waals surface area contributed by atoms with Gasteiger partial charge in [-0.2, -0.15) is 4.98 Å². The molecular formula is C25H21FN4O2. The average molecular weight is 428 g/mol. The van der Waals surface area contributed by atoms with Crippen molar-refractivity contribution in [2.45, 2.75) is 26.3 Å². The summed E-state index contributed by atoms with van der Waals surface area (Å²) in [6.45, 7) is 3.00. The molecule has 2 aromatic heterocycles. The number of para-hydroxylation sites is 1. The van der Waals surface area contributed by atoms with Crippen LogP contribution in [0.2, 0.25) is 0 Å². The van der Waals surface area contributed by atoms with Gasteiger partial charge in [-0.1, -0.05) is 23.4 Å². The lowest BCUT2D eigenvalue weighted by Crippen LogP contribution is -2.12. The molecule has 0 fully saturated rings. The predicted molar refractivity (Wildman–Crippen MR) is 122 cm³/mol. The molecule has 0 atom stereocenters. The normalized spacial score (nSPS) is 11.3. The number of anilines is 1. The van der Waals surface area contributed by atoms with E-state index in [1.54, 1.807) is 12.1 Å². The van der Waals surface area contributed by atoms with Crippen LogP contribution in [-0.4, -0.2) is 20.6 Å². The molecule has 0 spiro atoms. The molecule has 0 saturated heterocycles. The van der Waals surface area contributed by atoms with Gasteiger partial charge in [0.05, 0.1) is 0 Å². The number of hydrogen-bond donors (Lipinski definition) is 1. The van der Waals surface area contributed by atoms with Gasteiger partial charge in [0.25, 0.3) is 0 Å². The van der Waals surface area contributed by atoms with Gasteiger partial charge >= 0.3 is 0 Å². The van der Waals surface area contributed by atoms with E-state index >= 15 is 0 Å². The van der Waals surface area contributed by atoms with E-state index < -0.39 is 0 Å². The molecule has 1 N–H and O–H groups in total. The summed E-state index contributed by atoms with van der Waals surface area (Å²) in [7, 11) is 0. The Labute approximate surface area is 183 Å². The Balaban J connectivity index is 1.28. The number of carbonyl (C=O) groups excluding carboxylic acids is 1. The largest absolute Gasteiger partial charge is 0.341 e. The third-order valence-corrected chi connectivity index (χ3v) is 5.51. The number of benzene rings is 3. The number of amides is 1. The molecule has 5 aromatic rings. The molecule has 0 unspecified atom stereocenters. The highest BCUT2D eigenvalue weighted by atomic mass is 19.1. The van der Waals surface area contributed by atoms with Crippen molar-refractivity contribution in [3.8, 4) is 11.4 Å². The summed E-state index contributed by atoms with van der Waals surface area (Å²) in [6.07, 6.45) is 0.525. The molecule has 2 heterocycles. The first-order chi connectivity index (χ1) is 15.6. The smallest absolute Gasteiger partial charge is 0.227 e. The number of rotatable bonds is 6. The Kier molecular flexibility index (Phi) is 5.15. The first-order valence-corrected chi connectivity index (χ1v) is 10.5. The van der Waals surface area contributed by atoms with Crippen LogP contribution in [0.15, 0.2) is 71.3 Å². The Bertz CT molecular complexity index is 1420. The van der Waals surface area contributed by atoms with Gasteiger partial charge in [0.2, 0.25) is 17.6 Å². The van der Waals surface area contributed by atoms with E-state index in [0.717, 1.165) is 23.1 Å². The standard InChI is InChI=1S/C25H21FN4O2/c1-2-30-21-6-4-3-5-19(21)20-15-18(11-12-22(20)30)27-23(31)13-14-24-28-25(29-32-24)16-7-9-17(26)10-8-16/h3-12,15H,2,13-14H2,1H3,(H,27,31). The number of halogens is 1. The van der Waals surface area contributed by atoms with E-state index in [2.05, 4.69) is 39.1 Å². The maximum atomic E-state index is 13.1. The van der Waals surface area contributed by atoms with Crippen LogP contribution in [-0.2, 0) is 17.8 Å². The first kappa shape index (κ1) is 19.9. The van der Waals surface area contributed by atoms with Crippen LogP contribution in [0.4, 0.5) is 10.1 Å². The van der Waals surface area contributed by atoms with Gasteiger partial charge in [-0.3, -0.25) is 4.79 Å². The van der Waals surface area contributed by atoms with Crippen molar-refractivity contribution in [2.24, 2.45) is 0 Å². The lowest BCUT2D eigenvalue weighted by molar-refractivity contribution is -0.116. The molecule has 5 rings (SSSR count). The van der Waals surface area contributed by atoms with Crippen LogP contribution in [0.3, 0.4) is 0 Å². The van der Waals surface area contributed by atoms with Gasteiger partial charge in [0.1, 0.15) is 5.82 Å². The van der Waals surface area contributed by atoms with Crippen LogP contribution >= 0.6 is 0 Å². The zero-order valence-electron chi connectivity index (χ0n) is 17.5. The maximum Gasteiger partial charge on any atom is 0.227 e. The molecular weight excluding hydrogens is 407 g/mol. The first-order valence-electron chi connectivity index (χ1n) is 10.5. The second-order valence-electron chi connectivity index (χ2n) is 7.56. The van der Waals surface area contributed by atoms with Crippen LogP contribution in [0, 0.1) is 5.82 Å². The number of carbonyl (C=O) groups is 1. The van der Waals surface area contributed by atoms with E-state index in [1.165, 1.54) is 23.0 Å². The Morgan fingerprint density at radius 2 is 1.81 bits per heavy atom. The second-order valence-corrected chi connectivity index (χ2v) is 7.56. The molecule has 6 nitrogen and oxygen atoms in total. The third-order valence-electron chi connectivity index (χ3n) is 5.51. The molecule has 0 aliphatic carbocycles. The van der Waals surface area contributed by atoms with Crippen LogP contribution in [0.5, 0.6) is 0 Å². The van der Waals surface area contributed by atoms with Crippen LogP contribution in [0.25, 0.3) is 33.2 Å². The van der Waals surface area contributed by atoms with Gasteiger partial charge in [-0.15, -0.1) is 0 Å². The second kappa shape index (κ2) is 8.26. The van der Waals surface area contributed by atoms with E-state index in [-0.39, 0.29) is 18.1 Å². The summed E-state index contributed by atoms with van der Waals surface area (Å²) in [4.78, 5) is 16.8. The molecule has 1 amide bonds.